The molecule has 4 heteroatoms. The van der Waals surface area contributed by atoms with E-state index in [1.54, 1.807) is 0 Å². The van der Waals surface area contributed by atoms with Gasteiger partial charge in [0.1, 0.15) is 13.2 Å². The molecule has 0 saturated carbocycles. The lowest BCUT2D eigenvalue weighted by Gasteiger charge is -2.06. The fraction of sp³-hybridized carbons (Fsp3) is 0.583. The molecule has 0 fully saturated rings. The Kier molecular flexibility index (Phi) is 9.11. The molecule has 0 aromatic rings. The van der Waals surface area contributed by atoms with E-state index < -0.39 is 0 Å². The first kappa shape index (κ1) is 14.5. The van der Waals surface area contributed by atoms with Crippen molar-refractivity contribution in [2.75, 3.05) is 26.4 Å². The van der Waals surface area contributed by atoms with Gasteiger partial charge in [-0.2, -0.15) is 0 Å². The van der Waals surface area contributed by atoms with Crippen molar-refractivity contribution < 1.29 is 14.3 Å². The van der Waals surface area contributed by atoms with E-state index in [0.717, 1.165) is 0 Å². The molecule has 2 N–H and O–H groups in total. The van der Waals surface area contributed by atoms with Crippen molar-refractivity contribution in [1.29, 1.82) is 0 Å². The van der Waals surface area contributed by atoms with Crippen molar-refractivity contribution >= 4 is 5.97 Å². The van der Waals surface area contributed by atoms with E-state index in [-0.39, 0.29) is 25.7 Å². The monoisotopic (exact) mass is 223 g/mol. The quantitative estimate of drug-likeness (QED) is 0.410. The molecule has 0 atom stereocenters. The summed E-state index contributed by atoms with van der Waals surface area (Å²) in [5.41, 5.74) is 5.13. The molecule has 4 nitrogen and oxygen atoms in total. The summed E-state index contributed by atoms with van der Waals surface area (Å²) in [5.74, 6) is 10.2. The molecule has 0 bridgehead atoms. The highest BCUT2D eigenvalue weighted by atomic mass is 16.6. The molecule has 0 saturated heterocycles. The first-order valence-electron chi connectivity index (χ1n) is 5.06. The molecule has 88 valence electrons. The van der Waals surface area contributed by atoms with E-state index in [1.165, 1.54) is 0 Å². The number of hydrogen-bond donors (Lipinski definition) is 1. The molecule has 0 heterocycles. The molecule has 0 aromatic carbocycles. The number of carbonyl (C=O) groups excluding carboxylic acids is 1. The van der Waals surface area contributed by atoms with Crippen LogP contribution >= 0.6 is 0 Å². The van der Waals surface area contributed by atoms with Crippen molar-refractivity contribution in [2.45, 2.75) is 13.8 Å². The summed E-state index contributed by atoms with van der Waals surface area (Å²) in [4.78, 5) is 11.0. The van der Waals surface area contributed by atoms with Crippen molar-refractivity contribution in [1.82, 2.24) is 0 Å². The zero-order chi connectivity index (χ0) is 12.2. The van der Waals surface area contributed by atoms with Crippen molar-refractivity contribution in [3.63, 3.8) is 0 Å². The lowest BCUT2D eigenvalue weighted by molar-refractivity contribution is -0.149. The van der Waals surface area contributed by atoms with Gasteiger partial charge in [0.15, 0.2) is 0 Å². The maximum atomic E-state index is 11.0. The van der Waals surface area contributed by atoms with E-state index in [1.807, 2.05) is 13.8 Å². The highest BCUT2D eigenvalue weighted by molar-refractivity contribution is 5.70. The third kappa shape index (κ3) is 10.6. The standard InChI is InChI=1S/C12H17NO3/c1-11(2)9-16-12(14)10-15-8-6-4-3-5-7-13/h11H,7-10,13H2,1-2H3. The molecule has 0 aliphatic heterocycles. The highest BCUT2D eigenvalue weighted by Crippen LogP contribution is 1.92. The SMILES string of the molecule is CC(C)COC(=O)COCC#CC#CCN. The van der Waals surface area contributed by atoms with Crippen LogP contribution in [0, 0.1) is 29.6 Å². The van der Waals surface area contributed by atoms with Crippen molar-refractivity contribution in [3.05, 3.63) is 0 Å². The van der Waals surface area contributed by atoms with Crippen LogP contribution in [0.2, 0.25) is 0 Å². The predicted molar refractivity (Wildman–Crippen MR) is 61.2 cm³/mol. The Labute approximate surface area is 96.5 Å². The lowest BCUT2D eigenvalue weighted by atomic mass is 10.2. The topological polar surface area (TPSA) is 61.5 Å². The van der Waals surface area contributed by atoms with E-state index in [9.17, 15) is 4.79 Å². The van der Waals surface area contributed by atoms with E-state index in [0.29, 0.717) is 12.5 Å². The summed E-state index contributed by atoms with van der Waals surface area (Å²) in [6.45, 7) is 4.72. The van der Waals surface area contributed by atoms with Crippen LogP contribution in [0.1, 0.15) is 13.8 Å². The van der Waals surface area contributed by atoms with Crippen LogP contribution in [0.3, 0.4) is 0 Å². The zero-order valence-corrected chi connectivity index (χ0v) is 9.71. The molecular weight excluding hydrogens is 206 g/mol. The molecule has 0 aliphatic rings. The Morgan fingerprint density at radius 1 is 1.31 bits per heavy atom. The minimum absolute atomic E-state index is 0.0777. The van der Waals surface area contributed by atoms with Crippen molar-refractivity contribution in [2.24, 2.45) is 11.7 Å². The largest absolute Gasteiger partial charge is 0.464 e. The van der Waals surface area contributed by atoms with Gasteiger partial charge in [-0.05, 0) is 17.8 Å². The van der Waals surface area contributed by atoms with Gasteiger partial charge >= 0.3 is 5.97 Å². The number of hydrogen-bond acceptors (Lipinski definition) is 4. The van der Waals surface area contributed by atoms with Gasteiger partial charge in [0, 0.05) is 0 Å². The summed E-state index contributed by atoms with van der Waals surface area (Å²) in [7, 11) is 0. The van der Waals surface area contributed by atoms with Crippen LogP contribution in [0.25, 0.3) is 0 Å². The molecule has 0 aliphatic carbocycles. The molecule has 16 heavy (non-hydrogen) atoms. The van der Waals surface area contributed by atoms with E-state index in [4.69, 9.17) is 15.2 Å². The summed E-state index contributed by atoms with van der Waals surface area (Å²) >= 11 is 0. The Hall–Kier alpha value is -1.49. The minimum Gasteiger partial charge on any atom is -0.464 e. The summed E-state index contributed by atoms with van der Waals surface area (Å²) in [5, 5.41) is 0. The highest BCUT2D eigenvalue weighted by Gasteiger charge is 2.03. The molecule has 0 unspecified atom stereocenters. The molecule has 0 spiro atoms. The third-order valence-corrected chi connectivity index (χ3v) is 1.31. The fourth-order valence-corrected chi connectivity index (χ4v) is 0.662. The molecular formula is C12H17NO3. The van der Waals surface area contributed by atoms with Gasteiger partial charge in [0.05, 0.1) is 13.2 Å². The first-order chi connectivity index (χ1) is 7.66. The summed E-state index contributed by atoms with van der Waals surface area (Å²) in [6.07, 6.45) is 0. The van der Waals surface area contributed by atoms with Crippen LogP contribution in [-0.2, 0) is 14.3 Å². The van der Waals surface area contributed by atoms with Gasteiger partial charge in [0.25, 0.3) is 0 Å². The second kappa shape index (κ2) is 10.0. The third-order valence-electron chi connectivity index (χ3n) is 1.31. The molecule has 0 rings (SSSR count). The maximum Gasteiger partial charge on any atom is 0.332 e. The summed E-state index contributed by atoms with van der Waals surface area (Å²) in [6, 6.07) is 0. The van der Waals surface area contributed by atoms with Gasteiger partial charge in [-0.15, -0.1) is 0 Å². The van der Waals surface area contributed by atoms with Crippen LogP contribution in [-0.4, -0.2) is 32.3 Å². The van der Waals surface area contributed by atoms with Crippen LogP contribution < -0.4 is 5.73 Å². The number of esters is 1. The molecule has 0 radical (unpaired) electrons. The maximum absolute atomic E-state index is 11.0. The Balaban J connectivity index is 3.50. The van der Waals surface area contributed by atoms with Gasteiger partial charge in [-0.3, -0.25) is 0 Å². The Morgan fingerprint density at radius 3 is 2.62 bits per heavy atom. The van der Waals surface area contributed by atoms with Gasteiger partial charge in [0.2, 0.25) is 0 Å². The smallest absolute Gasteiger partial charge is 0.332 e. The summed E-state index contributed by atoms with van der Waals surface area (Å²) < 4.78 is 9.85. The number of nitrogens with two attached hydrogens (primary N) is 1. The average Bonchev–Trinajstić information content (AvgIpc) is 2.25. The second-order valence-corrected chi connectivity index (χ2v) is 3.38. The van der Waals surface area contributed by atoms with Gasteiger partial charge in [-0.1, -0.05) is 25.7 Å². The van der Waals surface area contributed by atoms with Crippen LogP contribution in [0.4, 0.5) is 0 Å². The normalized spacial score (nSPS) is 8.75. The van der Waals surface area contributed by atoms with E-state index >= 15 is 0 Å². The Morgan fingerprint density at radius 2 is 2.00 bits per heavy atom. The number of ether oxygens (including phenoxy) is 2. The van der Waals surface area contributed by atoms with Crippen molar-refractivity contribution in [3.8, 4) is 23.7 Å². The van der Waals surface area contributed by atoms with Crippen LogP contribution in [0.15, 0.2) is 0 Å². The fourth-order valence-electron chi connectivity index (χ4n) is 0.662. The minimum atomic E-state index is -0.372. The number of carbonyl (C=O) groups is 1. The van der Waals surface area contributed by atoms with Crippen LogP contribution in [0.5, 0.6) is 0 Å². The molecule has 0 amide bonds. The predicted octanol–water partition coefficient (Wildman–Crippen LogP) is 0.168. The molecule has 0 aromatic heterocycles. The zero-order valence-electron chi connectivity index (χ0n) is 9.71. The van der Waals surface area contributed by atoms with Gasteiger partial charge < -0.3 is 15.2 Å². The Bertz CT molecular complexity index is 315. The second-order valence-electron chi connectivity index (χ2n) is 3.38. The number of rotatable bonds is 5. The average molecular weight is 223 g/mol. The van der Waals surface area contributed by atoms with Gasteiger partial charge in [-0.25, -0.2) is 4.79 Å². The van der Waals surface area contributed by atoms with E-state index in [2.05, 4.69) is 23.7 Å². The lowest BCUT2D eigenvalue weighted by Crippen LogP contribution is -2.15. The first-order valence-corrected chi connectivity index (χ1v) is 5.06.